The lowest BCUT2D eigenvalue weighted by Crippen LogP contribution is -2.52. The number of sulfonamides is 1. The first kappa shape index (κ1) is 21.7. The Labute approximate surface area is 173 Å². The highest BCUT2D eigenvalue weighted by atomic mass is 32.2. The lowest BCUT2D eigenvalue weighted by molar-refractivity contribution is -0.132. The molecule has 2 aromatic carbocycles. The van der Waals surface area contributed by atoms with Crippen molar-refractivity contribution in [3.8, 4) is 0 Å². The van der Waals surface area contributed by atoms with Crippen molar-refractivity contribution in [1.82, 2.24) is 19.0 Å². The molecule has 29 heavy (non-hydrogen) atoms. The van der Waals surface area contributed by atoms with Gasteiger partial charge in [-0.2, -0.15) is 4.31 Å². The van der Waals surface area contributed by atoms with Crippen molar-refractivity contribution < 1.29 is 13.2 Å². The maximum Gasteiger partial charge on any atom is 0.243 e. The fourth-order valence-electron chi connectivity index (χ4n) is 3.45. The summed E-state index contributed by atoms with van der Waals surface area (Å²) in [5.74, 6) is -0.149. The van der Waals surface area contributed by atoms with Gasteiger partial charge in [-0.25, -0.2) is 8.42 Å². The van der Waals surface area contributed by atoms with Crippen molar-refractivity contribution >= 4 is 26.7 Å². The SMILES string of the molecule is CN(C)CCN1CCN(C(=O)CN(C)S(=O)(=O)c2ccc3ccccc3c2)CC1. The van der Waals surface area contributed by atoms with Crippen molar-refractivity contribution in [2.45, 2.75) is 4.90 Å². The molecule has 0 N–H and O–H groups in total. The van der Waals surface area contributed by atoms with Crippen LogP contribution < -0.4 is 0 Å². The standard InChI is InChI=1S/C21H30N4O3S/c1-22(2)10-11-24-12-14-25(15-13-24)21(26)17-23(3)29(27,28)20-9-8-18-6-4-5-7-19(18)16-20/h4-9,16H,10-15,17H2,1-3H3. The first-order chi connectivity index (χ1) is 13.8. The summed E-state index contributed by atoms with van der Waals surface area (Å²) < 4.78 is 27.0. The number of hydrogen-bond acceptors (Lipinski definition) is 5. The maximum absolute atomic E-state index is 12.9. The molecule has 8 heteroatoms. The lowest BCUT2D eigenvalue weighted by Gasteiger charge is -2.35. The van der Waals surface area contributed by atoms with Crippen LogP contribution in [0.15, 0.2) is 47.4 Å². The topological polar surface area (TPSA) is 64.2 Å². The average molecular weight is 419 g/mol. The molecule has 1 saturated heterocycles. The Balaban J connectivity index is 1.60. The van der Waals surface area contributed by atoms with Gasteiger partial charge in [-0.15, -0.1) is 0 Å². The number of piperazine rings is 1. The smallest absolute Gasteiger partial charge is 0.243 e. The molecule has 1 aliphatic rings. The second-order valence-electron chi connectivity index (χ2n) is 7.80. The molecule has 2 aromatic rings. The van der Waals surface area contributed by atoms with Crippen LogP contribution >= 0.6 is 0 Å². The van der Waals surface area contributed by atoms with Crippen LogP contribution in [0.25, 0.3) is 10.8 Å². The van der Waals surface area contributed by atoms with E-state index in [2.05, 4.69) is 9.80 Å². The van der Waals surface area contributed by atoms with E-state index in [0.29, 0.717) is 13.1 Å². The Kier molecular flexibility index (Phi) is 6.89. The Morgan fingerprint density at radius 3 is 2.28 bits per heavy atom. The molecule has 1 amide bonds. The summed E-state index contributed by atoms with van der Waals surface area (Å²) in [7, 11) is 1.84. The van der Waals surface area contributed by atoms with Crippen LogP contribution in [0.3, 0.4) is 0 Å². The lowest BCUT2D eigenvalue weighted by atomic mass is 10.1. The van der Waals surface area contributed by atoms with Gasteiger partial charge in [-0.05, 0) is 37.0 Å². The highest BCUT2D eigenvalue weighted by Crippen LogP contribution is 2.21. The minimum Gasteiger partial charge on any atom is -0.339 e. The van der Waals surface area contributed by atoms with Crippen molar-refractivity contribution in [3.05, 3.63) is 42.5 Å². The zero-order valence-electron chi connectivity index (χ0n) is 17.4. The predicted molar refractivity (Wildman–Crippen MR) is 115 cm³/mol. The molecule has 0 saturated carbocycles. The maximum atomic E-state index is 12.9. The molecule has 0 bridgehead atoms. The van der Waals surface area contributed by atoms with Crippen LogP contribution in [0.2, 0.25) is 0 Å². The molecule has 1 fully saturated rings. The summed E-state index contributed by atoms with van der Waals surface area (Å²) >= 11 is 0. The summed E-state index contributed by atoms with van der Waals surface area (Å²) in [6.45, 7) is 4.73. The Morgan fingerprint density at radius 1 is 0.966 bits per heavy atom. The third kappa shape index (κ3) is 5.33. The van der Waals surface area contributed by atoms with E-state index in [4.69, 9.17) is 0 Å². The van der Waals surface area contributed by atoms with Crippen molar-refractivity contribution in [1.29, 1.82) is 0 Å². The minimum atomic E-state index is -3.72. The summed E-state index contributed by atoms with van der Waals surface area (Å²) in [5, 5.41) is 1.85. The highest BCUT2D eigenvalue weighted by molar-refractivity contribution is 7.89. The Bertz CT molecular complexity index is 953. The molecule has 1 heterocycles. The fourth-order valence-corrected chi connectivity index (χ4v) is 4.60. The number of carbonyl (C=O) groups is 1. The quantitative estimate of drug-likeness (QED) is 0.675. The molecule has 0 radical (unpaired) electrons. The van der Waals surface area contributed by atoms with Gasteiger partial charge in [0.15, 0.2) is 0 Å². The Hall–Kier alpha value is -2.00. The van der Waals surface area contributed by atoms with Crippen molar-refractivity contribution in [2.24, 2.45) is 0 Å². The average Bonchev–Trinajstić information content (AvgIpc) is 2.72. The predicted octanol–water partition coefficient (Wildman–Crippen LogP) is 1.17. The number of nitrogens with zero attached hydrogens (tertiary/aromatic N) is 4. The molecule has 0 aliphatic carbocycles. The van der Waals surface area contributed by atoms with Gasteiger partial charge >= 0.3 is 0 Å². The third-order valence-electron chi connectivity index (χ3n) is 5.38. The third-order valence-corrected chi connectivity index (χ3v) is 7.17. The van der Waals surface area contributed by atoms with E-state index in [1.165, 1.54) is 7.05 Å². The number of carbonyl (C=O) groups excluding carboxylic acids is 1. The van der Waals surface area contributed by atoms with E-state index in [1.54, 1.807) is 23.1 Å². The van der Waals surface area contributed by atoms with Crippen LogP contribution in [0, 0.1) is 0 Å². The zero-order valence-corrected chi connectivity index (χ0v) is 18.2. The minimum absolute atomic E-state index is 0.146. The zero-order chi connectivity index (χ0) is 21.0. The highest BCUT2D eigenvalue weighted by Gasteiger charge is 2.27. The largest absolute Gasteiger partial charge is 0.339 e. The summed E-state index contributed by atoms with van der Waals surface area (Å²) in [5.41, 5.74) is 0. The van der Waals surface area contributed by atoms with E-state index in [0.717, 1.165) is 41.3 Å². The fraction of sp³-hybridized carbons (Fsp3) is 0.476. The van der Waals surface area contributed by atoms with Gasteiger partial charge in [0, 0.05) is 46.3 Å². The van der Waals surface area contributed by atoms with Crippen LogP contribution in [-0.4, -0.2) is 100 Å². The Morgan fingerprint density at radius 2 is 1.62 bits per heavy atom. The molecule has 0 spiro atoms. The summed E-state index contributed by atoms with van der Waals surface area (Å²) in [4.78, 5) is 19.1. The van der Waals surface area contributed by atoms with E-state index >= 15 is 0 Å². The monoisotopic (exact) mass is 418 g/mol. The normalized spacial score (nSPS) is 16.1. The second-order valence-corrected chi connectivity index (χ2v) is 9.84. The molecule has 0 aromatic heterocycles. The summed E-state index contributed by atoms with van der Waals surface area (Å²) in [6.07, 6.45) is 0. The van der Waals surface area contributed by atoms with Crippen LogP contribution in [0.5, 0.6) is 0 Å². The van der Waals surface area contributed by atoms with Gasteiger partial charge in [-0.3, -0.25) is 9.69 Å². The molecular weight excluding hydrogens is 388 g/mol. The van der Waals surface area contributed by atoms with E-state index in [-0.39, 0.29) is 17.3 Å². The number of likely N-dealkylation sites (N-methyl/N-ethyl adjacent to an activating group) is 2. The van der Waals surface area contributed by atoms with Gasteiger partial charge in [0.2, 0.25) is 15.9 Å². The first-order valence-corrected chi connectivity index (χ1v) is 11.3. The van der Waals surface area contributed by atoms with Crippen LogP contribution in [-0.2, 0) is 14.8 Å². The van der Waals surface area contributed by atoms with Crippen molar-refractivity contribution in [3.63, 3.8) is 0 Å². The molecule has 7 nitrogen and oxygen atoms in total. The number of benzene rings is 2. The number of amides is 1. The molecule has 3 rings (SSSR count). The molecule has 0 unspecified atom stereocenters. The second kappa shape index (κ2) is 9.21. The van der Waals surface area contributed by atoms with Gasteiger partial charge in [0.25, 0.3) is 0 Å². The van der Waals surface area contributed by atoms with Crippen molar-refractivity contribution in [2.75, 3.05) is 67.0 Å². The van der Waals surface area contributed by atoms with Gasteiger partial charge in [0.05, 0.1) is 11.4 Å². The van der Waals surface area contributed by atoms with E-state index in [9.17, 15) is 13.2 Å². The molecule has 0 atom stereocenters. The number of hydrogen-bond donors (Lipinski definition) is 0. The number of fused-ring (bicyclic) bond motifs is 1. The molecular formula is C21H30N4O3S. The van der Waals surface area contributed by atoms with Gasteiger partial charge in [0.1, 0.15) is 0 Å². The van der Waals surface area contributed by atoms with Crippen LogP contribution in [0.1, 0.15) is 0 Å². The van der Waals surface area contributed by atoms with E-state index in [1.807, 2.05) is 38.4 Å². The number of rotatable bonds is 7. The van der Waals surface area contributed by atoms with Crippen LogP contribution in [0.4, 0.5) is 0 Å². The molecule has 1 aliphatic heterocycles. The van der Waals surface area contributed by atoms with Gasteiger partial charge < -0.3 is 9.80 Å². The van der Waals surface area contributed by atoms with Gasteiger partial charge in [-0.1, -0.05) is 30.3 Å². The summed E-state index contributed by atoms with van der Waals surface area (Å²) in [6, 6.07) is 12.7. The van der Waals surface area contributed by atoms with E-state index < -0.39 is 10.0 Å². The molecule has 158 valence electrons. The first-order valence-electron chi connectivity index (χ1n) is 9.87.